The molecule has 0 bridgehead atoms. The molecule has 1 unspecified atom stereocenters. The van der Waals surface area contributed by atoms with Crippen LogP contribution in [-0.2, 0) is 9.53 Å². The highest BCUT2D eigenvalue weighted by Crippen LogP contribution is 2.34. The fourth-order valence-corrected chi connectivity index (χ4v) is 2.93. The summed E-state index contributed by atoms with van der Waals surface area (Å²) < 4.78 is 4.76. The molecule has 2 aromatic rings. The summed E-state index contributed by atoms with van der Waals surface area (Å²) in [6.45, 7) is 0. The number of methoxy groups -OCH3 is 1. The van der Waals surface area contributed by atoms with Crippen molar-refractivity contribution in [3.8, 4) is 0 Å². The number of ether oxygens (including phenoxy) is 1. The number of aromatic nitrogens is 1. The number of allylic oxidation sites excluding steroid dienone is 2. The minimum absolute atomic E-state index is 0.292. The lowest BCUT2D eigenvalue weighted by molar-refractivity contribution is -0.141. The van der Waals surface area contributed by atoms with Crippen LogP contribution >= 0.6 is 0 Å². The Morgan fingerprint density at radius 1 is 1.36 bits per heavy atom. The van der Waals surface area contributed by atoms with Crippen molar-refractivity contribution >= 4 is 28.4 Å². The SMILES string of the molecule is COC(=O)c1ccc2[nH]cc(C3=CCC(C(=O)O)CC3)c2c1. The monoisotopic (exact) mass is 299 g/mol. The van der Waals surface area contributed by atoms with E-state index in [1.54, 1.807) is 6.07 Å². The number of rotatable bonds is 3. The van der Waals surface area contributed by atoms with Crippen LogP contribution in [0.2, 0.25) is 0 Å². The molecule has 0 aliphatic heterocycles. The zero-order valence-electron chi connectivity index (χ0n) is 12.3. The molecule has 0 saturated heterocycles. The smallest absolute Gasteiger partial charge is 0.337 e. The number of esters is 1. The van der Waals surface area contributed by atoms with Gasteiger partial charge in [-0.1, -0.05) is 6.08 Å². The molecule has 3 rings (SSSR count). The predicted molar refractivity (Wildman–Crippen MR) is 82.6 cm³/mol. The molecule has 5 heteroatoms. The van der Waals surface area contributed by atoms with E-state index in [2.05, 4.69) is 4.98 Å². The number of aliphatic carboxylic acids is 1. The van der Waals surface area contributed by atoms with Gasteiger partial charge in [-0.15, -0.1) is 0 Å². The number of carbonyl (C=O) groups excluding carboxylic acids is 1. The van der Waals surface area contributed by atoms with Gasteiger partial charge in [-0.3, -0.25) is 4.79 Å². The summed E-state index contributed by atoms with van der Waals surface area (Å²) >= 11 is 0. The van der Waals surface area contributed by atoms with Gasteiger partial charge in [-0.2, -0.15) is 0 Å². The molecule has 114 valence electrons. The second kappa shape index (κ2) is 5.67. The molecule has 22 heavy (non-hydrogen) atoms. The van der Waals surface area contributed by atoms with Crippen LogP contribution in [0.4, 0.5) is 0 Å². The van der Waals surface area contributed by atoms with Crippen LogP contribution < -0.4 is 0 Å². The summed E-state index contributed by atoms with van der Waals surface area (Å²) in [6, 6.07) is 5.40. The summed E-state index contributed by atoms with van der Waals surface area (Å²) in [5.41, 5.74) is 3.62. The maximum Gasteiger partial charge on any atom is 0.337 e. The van der Waals surface area contributed by atoms with Gasteiger partial charge in [0.05, 0.1) is 18.6 Å². The molecular weight excluding hydrogens is 282 g/mol. The molecule has 0 saturated carbocycles. The molecule has 0 spiro atoms. The van der Waals surface area contributed by atoms with Crippen LogP contribution in [-0.4, -0.2) is 29.1 Å². The average molecular weight is 299 g/mol. The lowest BCUT2D eigenvalue weighted by atomic mass is 9.86. The highest BCUT2D eigenvalue weighted by atomic mass is 16.5. The Morgan fingerprint density at radius 3 is 2.82 bits per heavy atom. The Hall–Kier alpha value is -2.56. The molecule has 0 amide bonds. The summed E-state index contributed by atoms with van der Waals surface area (Å²) in [5, 5.41) is 10.0. The minimum Gasteiger partial charge on any atom is -0.481 e. The van der Waals surface area contributed by atoms with Crippen LogP contribution in [0.1, 0.15) is 35.2 Å². The van der Waals surface area contributed by atoms with E-state index in [4.69, 9.17) is 9.84 Å². The van der Waals surface area contributed by atoms with Crippen molar-refractivity contribution in [2.75, 3.05) is 7.11 Å². The third-order valence-corrected chi connectivity index (χ3v) is 4.21. The molecule has 1 atom stereocenters. The molecule has 5 nitrogen and oxygen atoms in total. The lowest BCUT2D eigenvalue weighted by Crippen LogP contribution is -2.15. The molecule has 1 aliphatic carbocycles. The Morgan fingerprint density at radius 2 is 2.18 bits per heavy atom. The first kappa shape index (κ1) is 14.4. The Labute approximate surface area is 127 Å². The van der Waals surface area contributed by atoms with Crippen LogP contribution in [0.3, 0.4) is 0 Å². The van der Waals surface area contributed by atoms with Crippen LogP contribution in [0.25, 0.3) is 16.5 Å². The quantitative estimate of drug-likeness (QED) is 0.853. The molecule has 1 aromatic carbocycles. The Balaban J connectivity index is 1.97. The first-order valence-electron chi connectivity index (χ1n) is 7.22. The third-order valence-electron chi connectivity index (χ3n) is 4.21. The van der Waals surface area contributed by atoms with E-state index in [-0.39, 0.29) is 11.9 Å². The largest absolute Gasteiger partial charge is 0.481 e. The fourth-order valence-electron chi connectivity index (χ4n) is 2.93. The molecule has 0 fully saturated rings. The highest BCUT2D eigenvalue weighted by molar-refractivity contribution is 5.99. The summed E-state index contributed by atoms with van der Waals surface area (Å²) in [7, 11) is 1.36. The van der Waals surface area contributed by atoms with E-state index in [0.717, 1.165) is 28.5 Å². The number of aromatic amines is 1. The van der Waals surface area contributed by atoms with E-state index in [0.29, 0.717) is 18.4 Å². The number of nitrogens with one attached hydrogen (secondary N) is 1. The predicted octanol–water partition coefficient (Wildman–Crippen LogP) is 3.22. The number of hydrogen-bond acceptors (Lipinski definition) is 3. The van der Waals surface area contributed by atoms with E-state index < -0.39 is 5.97 Å². The van der Waals surface area contributed by atoms with Crippen molar-refractivity contribution in [1.82, 2.24) is 4.98 Å². The topological polar surface area (TPSA) is 79.4 Å². The van der Waals surface area contributed by atoms with Crippen LogP contribution in [0.5, 0.6) is 0 Å². The molecule has 1 aliphatic rings. The Bertz CT molecular complexity index is 772. The van der Waals surface area contributed by atoms with E-state index in [1.165, 1.54) is 7.11 Å². The standard InChI is InChI=1S/C17H17NO4/c1-22-17(21)12-6-7-15-13(8-12)14(9-18-15)10-2-4-11(5-3-10)16(19)20/h2,6-9,11,18H,3-5H2,1H3,(H,19,20). The minimum atomic E-state index is -0.734. The van der Waals surface area contributed by atoms with Crippen molar-refractivity contribution in [1.29, 1.82) is 0 Å². The van der Waals surface area contributed by atoms with Gasteiger partial charge >= 0.3 is 11.9 Å². The van der Waals surface area contributed by atoms with Crippen LogP contribution in [0, 0.1) is 5.92 Å². The first-order chi connectivity index (χ1) is 10.6. The van der Waals surface area contributed by atoms with Crippen molar-refractivity contribution in [3.05, 3.63) is 41.6 Å². The second-order valence-corrected chi connectivity index (χ2v) is 5.49. The second-order valence-electron chi connectivity index (χ2n) is 5.49. The number of carboxylic acids is 1. The van der Waals surface area contributed by atoms with Gasteiger partial charge in [-0.05, 0) is 43.0 Å². The van der Waals surface area contributed by atoms with Gasteiger partial charge in [-0.25, -0.2) is 4.79 Å². The highest BCUT2D eigenvalue weighted by Gasteiger charge is 2.22. The van der Waals surface area contributed by atoms with Crippen molar-refractivity contribution in [2.24, 2.45) is 5.92 Å². The van der Waals surface area contributed by atoms with Gasteiger partial charge < -0.3 is 14.8 Å². The van der Waals surface area contributed by atoms with Gasteiger partial charge in [0.25, 0.3) is 0 Å². The van der Waals surface area contributed by atoms with Crippen LogP contribution in [0.15, 0.2) is 30.5 Å². The number of carbonyl (C=O) groups is 2. The third kappa shape index (κ3) is 2.50. The summed E-state index contributed by atoms with van der Waals surface area (Å²) in [4.78, 5) is 25.9. The number of carboxylic acid groups (broad SMARTS) is 1. The number of hydrogen-bond donors (Lipinski definition) is 2. The summed E-state index contributed by atoms with van der Waals surface area (Å²) in [5.74, 6) is -1.39. The van der Waals surface area contributed by atoms with Gasteiger partial charge in [0.1, 0.15) is 0 Å². The maximum atomic E-state index is 11.7. The van der Waals surface area contributed by atoms with E-state index >= 15 is 0 Å². The van der Waals surface area contributed by atoms with Crippen molar-refractivity contribution < 1.29 is 19.4 Å². The van der Waals surface area contributed by atoms with Gasteiger partial charge in [0.2, 0.25) is 0 Å². The molecule has 2 N–H and O–H groups in total. The normalized spacial score (nSPS) is 18.0. The molecule has 1 aromatic heterocycles. The van der Waals surface area contributed by atoms with Gasteiger partial charge in [0.15, 0.2) is 0 Å². The zero-order valence-corrected chi connectivity index (χ0v) is 12.3. The molecular formula is C17H17NO4. The molecule has 1 heterocycles. The average Bonchev–Trinajstić information content (AvgIpc) is 2.97. The Kier molecular flexibility index (Phi) is 3.71. The number of H-pyrrole nitrogens is 1. The fraction of sp³-hybridized carbons (Fsp3) is 0.294. The number of fused-ring (bicyclic) bond motifs is 1. The van der Waals surface area contributed by atoms with Crippen molar-refractivity contribution in [3.63, 3.8) is 0 Å². The lowest BCUT2D eigenvalue weighted by Gasteiger charge is -2.18. The summed E-state index contributed by atoms with van der Waals surface area (Å²) in [6.07, 6.45) is 5.83. The zero-order chi connectivity index (χ0) is 15.7. The van der Waals surface area contributed by atoms with Gasteiger partial charge in [0, 0.05) is 22.7 Å². The first-order valence-corrected chi connectivity index (χ1v) is 7.22. The van der Waals surface area contributed by atoms with E-state index in [1.807, 2.05) is 24.4 Å². The maximum absolute atomic E-state index is 11.7. The molecule has 0 radical (unpaired) electrons. The van der Waals surface area contributed by atoms with E-state index in [9.17, 15) is 9.59 Å². The number of benzene rings is 1. The van der Waals surface area contributed by atoms with Crippen molar-refractivity contribution in [2.45, 2.75) is 19.3 Å².